The van der Waals surface area contributed by atoms with Crippen molar-refractivity contribution in [3.05, 3.63) is 71.1 Å². The maximum Gasteiger partial charge on any atom is 0.270 e. The lowest BCUT2D eigenvalue weighted by Crippen LogP contribution is -2.33. The summed E-state index contributed by atoms with van der Waals surface area (Å²) >= 11 is 0. The van der Waals surface area contributed by atoms with Gasteiger partial charge >= 0.3 is 0 Å². The normalized spacial score (nSPS) is 11.5. The van der Waals surface area contributed by atoms with Gasteiger partial charge in [-0.15, -0.1) is 0 Å². The number of H-pyrrole nitrogens is 1. The van der Waals surface area contributed by atoms with Crippen LogP contribution in [0, 0.1) is 23.3 Å². The minimum absolute atomic E-state index is 0.0570. The molecule has 4 N–H and O–H groups in total. The zero-order chi connectivity index (χ0) is 27.8. The number of primary amides is 1. The number of methoxy groups -OCH3 is 1. The third-order valence-electron chi connectivity index (χ3n) is 5.41. The second-order valence-electron chi connectivity index (χ2n) is 7.89. The molecule has 198 valence electrons. The molecule has 10 nitrogen and oxygen atoms in total. The van der Waals surface area contributed by atoms with Gasteiger partial charge in [0, 0.05) is 16.5 Å². The maximum atomic E-state index is 15.5. The summed E-state index contributed by atoms with van der Waals surface area (Å²) in [6.45, 7) is -0.496. The number of pyridine rings is 1. The van der Waals surface area contributed by atoms with Gasteiger partial charge < -0.3 is 15.8 Å². The van der Waals surface area contributed by atoms with Crippen LogP contribution in [0.2, 0.25) is 0 Å². The first kappa shape index (κ1) is 26.5. The molecule has 2 aromatic carbocycles. The van der Waals surface area contributed by atoms with Gasteiger partial charge in [-0.1, -0.05) is 12.1 Å². The van der Waals surface area contributed by atoms with Crippen LogP contribution < -0.4 is 15.8 Å². The number of carbonyl (C=O) groups is 2. The Kier molecular flexibility index (Phi) is 7.04. The molecule has 0 aliphatic rings. The molecule has 0 fully saturated rings. The average molecular weight is 551 g/mol. The number of carbonyl (C=O) groups excluding carboxylic acids is 2. The van der Waals surface area contributed by atoms with Crippen molar-refractivity contribution < 1.29 is 40.3 Å². The van der Waals surface area contributed by atoms with Crippen molar-refractivity contribution in [1.29, 1.82) is 0 Å². The van der Waals surface area contributed by atoms with Crippen LogP contribution in [0.25, 0.3) is 22.0 Å². The van der Waals surface area contributed by atoms with E-state index in [1.54, 1.807) is 0 Å². The summed E-state index contributed by atoms with van der Waals surface area (Å²) in [5.41, 5.74) is 2.27. The molecule has 2 heterocycles. The minimum Gasteiger partial charge on any atom is -0.480 e. The van der Waals surface area contributed by atoms with Gasteiger partial charge in [0.1, 0.15) is 33.6 Å². The Morgan fingerprint density at radius 1 is 1.11 bits per heavy atom. The molecule has 0 aliphatic heterocycles. The molecule has 4 aromatic rings. The third kappa shape index (κ3) is 4.87. The van der Waals surface area contributed by atoms with Crippen molar-refractivity contribution in [3.63, 3.8) is 0 Å². The summed E-state index contributed by atoms with van der Waals surface area (Å²) in [7, 11) is -3.35. The van der Waals surface area contributed by atoms with E-state index >= 15 is 8.78 Å². The molecule has 38 heavy (non-hydrogen) atoms. The Hall–Kier alpha value is -4.53. The molecule has 0 atom stereocenters. The summed E-state index contributed by atoms with van der Waals surface area (Å²) in [5.74, 6) is -7.92. The zero-order valence-electron chi connectivity index (χ0n) is 19.3. The van der Waals surface area contributed by atoms with E-state index < -0.39 is 90.2 Å². The first-order chi connectivity index (χ1) is 17.9. The fourth-order valence-corrected chi connectivity index (χ4v) is 5.17. The van der Waals surface area contributed by atoms with Gasteiger partial charge in [-0.3, -0.25) is 14.7 Å². The molecule has 2 aromatic heterocycles. The summed E-state index contributed by atoms with van der Waals surface area (Å²) in [5, 5.41) is 8.12. The van der Waals surface area contributed by atoms with Crippen molar-refractivity contribution in [1.82, 2.24) is 20.5 Å². The predicted molar refractivity (Wildman–Crippen MR) is 125 cm³/mol. The van der Waals surface area contributed by atoms with Crippen LogP contribution in [-0.4, -0.2) is 49.1 Å². The highest BCUT2D eigenvalue weighted by Crippen LogP contribution is 2.35. The summed E-state index contributed by atoms with van der Waals surface area (Å²) in [6.07, 6.45) is 0.731. The van der Waals surface area contributed by atoms with Crippen LogP contribution in [0.15, 0.2) is 41.4 Å². The number of benzene rings is 2. The summed E-state index contributed by atoms with van der Waals surface area (Å²) < 4.78 is 90.0. The second-order valence-corrected chi connectivity index (χ2v) is 9.84. The molecule has 0 saturated heterocycles. The number of hydrogen-bond donors (Lipinski definition) is 3. The molecule has 0 bridgehead atoms. The highest BCUT2D eigenvalue weighted by molar-refractivity contribution is 7.90. The van der Waals surface area contributed by atoms with Crippen molar-refractivity contribution in [2.45, 2.75) is 10.6 Å². The smallest absolute Gasteiger partial charge is 0.270 e. The van der Waals surface area contributed by atoms with Crippen LogP contribution in [-0.2, 0) is 20.4 Å². The second kappa shape index (κ2) is 10.1. The lowest BCUT2D eigenvalue weighted by molar-refractivity contribution is -0.117. The van der Waals surface area contributed by atoms with E-state index in [0.717, 1.165) is 31.5 Å². The van der Waals surface area contributed by atoms with Gasteiger partial charge in [-0.25, -0.2) is 31.0 Å². The van der Waals surface area contributed by atoms with Crippen molar-refractivity contribution in [2.24, 2.45) is 5.73 Å². The zero-order valence-corrected chi connectivity index (χ0v) is 20.1. The fraction of sp³-hybridized carbons (Fsp3) is 0.130. The molecule has 15 heteroatoms. The van der Waals surface area contributed by atoms with Crippen LogP contribution >= 0.6 is 0 Å². The molecule has 4 rings (SSSR count). The fourth-order valence-electron chi connectivity index (χ4n) is 3.69. The number of hydrogen-bond acceptors (Lipinski definition) is 7. The number of nitrogens with two attached hydrogens (primary N) is 1. The number of aromatic nitrogens is 3. The Morgan fingerprint density at radius 2 is 1.84 bits per heavy atom. The Morgan fingerprint density at radius 3 is 2.53 bits per heavy atom. The summed E-state index contributed by atoms with van der Waals surface area (Å²) in [4.78, 5) is 26.0. The van der Waals surface area contributed by atoms with Crippen LogP contribution in [0.3, 0.4) is 0 Å². The third-order valence-corrected chi connectivity index (χ3v) is 7.07. The number of nitrogens with zero attached hydrogens (tertiary/aromatic N) is 2. The van der Waals surface area contributed by atoms with Crippen molar-refractivity contribution >= 4 is 32.6 Å². The van der Waals surface area contributed by atoms with Gasteiger partial charge in [-0.05, 0) is 18.2 Å². The Bertz CT molecular complexity index is 1710. The minimum atomic E-state index is -4.45. The van der Waals surface area contributed by atoms with E-state index in [0.29, 0.717) is 6.07 Å². The topological polar surface area (TPSA) is 157 Å². The number of fused-ring (bicyclic) bond motifs is 1. The Labute approximate surface area is 211 Å². The lowest BCUT2D eigenvalue weighted by atomic mass is 9.99. The first-order valence-electron chi connectivity index (χ1n) is 10.6. The van der Waals surface area contributed by atoms with Crippen LogP contribution in [0.1, 0.15) is 16.1 Å². The molecular formula is C23H17F4N5O5S. The monoisotopic (exact) mass is 551 g/mol. The van der Waals surface area contributed by atoms with E-state index in [4.69, 9.17) is 10.5 Å². The van der Waals surface area contributed by atoms with Crippen LogP contribution in [0.4, 0.5) is 17.6 Å². The SMILES string of the molecule is COc1ncc(F)cc1S(=O)(=O)Cc1ccc(F)c(-c2ccc3c(C(=O)NCC(N)=O)[nH]nc3c2F)c1F. The van der Waals surface area contributed by atoms with Gasteiger partial charge in [0.25, 0.3) is 5.91 Å². The quantitative estimate of drug-likeness (QED) is 0.284. The number of nitrogens with one attached hydrogen (secondary N) is 2. The number of ether oxygens (including phenoxy) is 1. The Balaban J connectivity index is 1.76. The molecular weight excluding hydrogens is 534 g/mol. The highest BCUT2D eigenvalue weighted by atomic mass is 32.2. The molecule has 0 spiro atoms. The van der Waals surface area contributed by atoms with E-state index in [9.17, 15) is 26.8 Å². The first-order valence-corrected chi connectivity index (χ1v) is 12.2. The van der Waals surface area contributed by atoms with Gasteiger partial charge in [0.2, 0.25) is 11.8 Å². The largest absolute Gasteiger partial charge is 0.480 e. The van der Waals surface area contributed by atoms with E-state index in [-0.39, 0.29) is 11.1 Å². The van der Waals surface area contributed by atoms with Crippen molar-refractivity contribution in [2.75, 3.05) is 13.7 Å². The van der Waals surface area contributed by atoms with Gasteiger partial charge in [0.15, 0.2) is 15.7 Å². The molecule has 0 radical (unpaired) electrons. The summed E-state index contributed by atoms with van der Waals surface area (Å²) in [6, 6.07) is 4.41. The molecule has 2 amide bonds. The van der Waals surface area contributed by atoms with Gasteiger partial charge in [0.05, 0.1) is 31.2 Å². The van der Waals surface area contributed by atoms with Crippen molar-refractivity contribution in [3.8, 4) is 17.0 Å². The number of halogens is 4. The van der Waals surface area contributed by atoms with Gasteiger partial charge in [-0.2, -0.15) is 5.10 Å². The highest BCUT2D eigenvalue weighted by Gasteiger charge is 2.28. The lowest BCUT2D eigenvalue weighted by Gasteiger charge is -2.13. The van der Waals surface area contributed by atoms with E-state index in [1.807, 2.05) is 0 Å². The number of aromatic amines is 1. The number of amides is 2. The average Bonchev–Trinajstić information content (AvgIpc) is 3.30. The standard InChI is InChI=1S/C23H17F4N5O5S/c1-37-23-15(6-11(24)7-30-23)38(35,36)9-10-2-5-14(25)17(18(10)26)12-3-4-13-20(19(12)27)31-32-21(13)22(34)29-8-16(28)33/h2-7H,8-9H2,1H3,(H2,28,33)(H,29,34)(H,31,32). The maximum absolute atomic E-state index is 15.5. The molecule has 0 unspecified atom stereocenters. The van der Waals surface area contributed by atoms with E-state index in [2.05, 4.69) is 20.5 Å². The molecule has 0 aliphatic carbocycles. The number of rotatable bonds is 8. The molecule has 0 saturated carbocycles. The number of sulfone groups is 1. The van der Waals surface area contributed by atoms with E-state index in [1.165, 1.54) is 6.07 Å². The predicted octanol–water partition coefficient (Wildman–Crippen LogP) is 2.38. The van der Waals surface area contributed by atoms with Crippen LogP contribution in [0.5, 0.6) is 5.88 Å².